The number of benzene rings is 3. The van der Waals surface area contributed by atoms with Crippen LogP contribution in [-0.4, -0.2) is 15.0 Å². The highest BCUT2D eigenvalue weighted by molar-refractivity contribution is 6.30. The monoisotopic (exact) mass is 447 g/mol. The van der Waals surface area contributed by atoms with Gasteiger partial charge in [-0.2, -0.15) is 0 Å². The molecule has 0 saturated heterocycles. The molecule has 1 N–H and O–H groups in total. The maximum Gasteiger partial charge on any atom is 0.331 e. The fourth-order valence-corrected chi connectivity index (χ4v) is 3.83. The number of fused-ring (bicyclic) bond motifs is 1. The number of amides is 1. The Hall–Kier alpha value is -3.64. The van der Waals surface area contributed by atoms with E-state index in [0.717, 1.165) is 11.1 Å². The van der Waals surface area contributed by atoms with Crippen LogP contribution in [0.5, 0.6) is 0 Å². The van der Waals surface area contributed by atoms with Crippen LogP contribution in [0.4, 0.5) is 5.69 Å². The zero-order valence-corrected chi connectivity index (χ0v) is 18.3. The lowest BCUT2D eigenvalue weighted by Gasteiger charge is -2.14. The number of halogens is 1. The van der Waals surface area contributed by atoms with Crippen LogP contribution >= 0.6 is 11.6 Å². The van der Waals surface area contributed by atoms with Crippen LogP contribution in [0.25, 0.3) is 10.9 Å². The molecular formula is C25H22ClN3O3. The Morgan fingerprint density at radius 2 is 1.69 bits per heavy atom. The van der Waals surface area contributed by atoms with Crippen molar-refractivity contribution in [3.8, 4) is 0 Å². The number of aryl methyl sites for hydroxylation is 2. The lowest BCUT2D eigenvalue weighted by Crippen LogP contribution is -2.42. The smallest absolute Gasteiger partial charge is 0.325 e. The predicted octanol–water partition coefficient (Wildman–Crippen LogP) is 4.01. The molecule has 1 aromatic heterocycles. The summed E-state index contributed by atoms with van der Waals surface area (Å²) in [7, 11) is 0. The standard InChI is InChI=1S/C25H22ClN3O3/c1-17-5-4-6-18(15-17)13-14-28-24(31)21-7-2-3-8-22(21)29(25(28)32)16-23(30)27-20-11-9-19(26)10-12-20/h2-12,15H,13-14,16H2,1H3,(H,27,30). The zero-order chi connectivity index (χ0) is 22.7. The summed E-state index contributed by atoms with van der Waals surface area (Å²) >= 11 is 5.89. The van der Waals surface area contributed by atoms with Crippen LogP contribution in [0.15, 0.2) is 82.4 Å². The number of carbonyl (C=O) groups is 1. The van der Waals surface area contributed by atoms with Gasteiger partial charge in [-0.1, -0.05) is 53.6 Å². The quantitative estimate of drug-likeness (QED) is 0.485. The van der Waals surface area contributed by atoms with Crippen molar-refractivity contribution < 1.29 is 4.79 Å². The SMILES string of the molecule is Cc1cccc(CCn2c(=O)c3ccccc3n(CC(=O)Nc3ccc(Cl)cc3)c2=O)c1. The van der Waals surface area contributed by atoms with Gasteiger partial charge in [-0.25, -0.2) is 4.79 Å². The third-order valence-corrected chi connectivity index (χ3v) is 5.52. The Balaban J connectivity index is 1.68. The molecule has 0 aliphatic heterocycles. The van der Waals surface area contributed by atoms with Gasteiger partial charge in [0.1, 0.15) is 6.54 Å². The van der Waals surface area contributed by atoms with E-state index in [1.807, 2.05) is 31.2 Å². The molecule has 1 heterocycles. The lowest BCUT2D eigenvalue weighted by molar-refractivity contribution is -0.116. The van der Waals surface area contributed by atoms with E-state index in [1.54, 1.807) is 48.5 Å². The van der Waals surface area contributed by atoms with Gasteiger partial charge in [0.05, 0.1) is 10.9 Å². The van der Waals surface area contributed by atoms with Gasteiger partial charge in [0, 0.05) is 17.3 Å². The summed E-state index contributed by atoms with van der Waals surface area (Å²) in [5, 5.41) is 3.72. The van der Waals surface area contributed by atoms with E-state index in [2.05, 4.69) is 5.32 Å². The van der Waals surface area contributed by atoms with Crippen molar-refractivity contribution in [3.63, 3.8) is 0 Å². The maximum absolute atomic E-state index is 13.3. The third-order valence-electron chi connectivity index (χ3n) is 5.27. The van der Waals surface area contributed by atoms with Crippen molar-refractivity contribution in [3.05, 3.63) is 110 Å². The van der Waals surface area contributed by atoms with E-state index >= 15 is 0 Å². The van der Waals surface area contributed by atoms with E-state index in [-0.39, 0.29) is 24.6 Å². The van der Waals surface area contributed by atoms with Crippen LogP contribution < -0.4 is 16.6 Å². The fourth-order valence-electron chi connectivity index (χ4n) is 3.71. The minimum absolute atomic E-state index is 0.216. The van der Waals surface area contributed by atoms with Gasteiger partial charge in [-0.3, -0.25) is 18.7 Å². The Bertz CT molecular complexity index is 1400. The summed E-state index contributed by atoms with van der Waals surface area (Å²) in [5.41, 5.74) is 2.30. The number of carbonyl (C=O) groups excluding carboxylic acids is 1. The maximum atomic E-state index is 13.3. The molecule has 1 amide bonds. The number of aromatic nitrogens is 2. The number of hydrogen-bond donors (Lipinski definition) is 1. The van der Waals surface area contributed by atoms with Crippen molar-refractivity contribution in [1.29, 1.82) is 0 Å². The van der Waals surface area contributed by atoms with Gasteiger partial charge in [-0.15, -0.1) is 0 Å². The molecule has 3 aromatic carbocycles. The van der Waals surface area contributed by atoms with Gasteiger partial charge < -0.3 is 5.32 Å². The first-order chi connectivity index (χ1) is 15.4. The minimum atomic E-state index is -0.507. The molecule has 0 radical (unpaired) electrons. The molecule has 0 spiro atoms. The third kappa shape index (κ3) is 4.65. The number of anilines is 1. The number of nitrogens with zero attached hydrogens (tertiary/aromatic N) is 2. The van der Waals surface area contributed by atoms with Crippen molar-refractivity contribution in [1.82, 2.24) is 9.13 Å². The number of rotatable bonds is 6. The second-order valence-corrected chi connectivity index (χ2v) is 8.07. The molecule has 7 heteroatoms. The minimum Gasteiger partial charge on any atom is -0.325 e. The van der Waals surface area contributed by atoms with Crippen LogP contribution in [0, 0.1) is 6.92 Å². The first-order valence-electron chi connectivity index (χ1n) is 10.3. The fraction of sp³-hybridized carbons (Fsp3) is 0.160. The van der Waals surface area contributed by atoms with Crippen LogP contribution in [-0.2, 0) is 24.3 Å². The number of nitrogens with one attached hydrogen (secondary N) is 1. The Morgan fingerprint density at radius 1 is 0.938 bits per heavy atom. The molecular weight excluding hydrogens is 426 g/mol. The second kappa shape index (κ2) is 9.24. The van der Waals surface area contributed by atoms with E-state index in [1.165, 1.54) is 9.13 Å². The highest BCUT2D eigenvalue weighted by Crippen LogP contribution is 2.14. The van der Waals surface area contributed by atoms with Crippen molar-refractivity contribution in [2.24, 2.45) is 0 Å². The first kappa shape index (κ1) is 21.6. The van der Waals surface area contributed by atoms with E-state index in [4.69, 9.17) is 11.6 Å². The molecule has 6 nitrogen and oxygen atoms in total. The normalized spacial score (nSPS) is 10.9. The topological polar surface area (TPSA) is 73.1 Å². The summed E-state index contributed by atoms with van der Waals surface area (Å²) in [4.78, 5) is 39.0. The Kier molecular flexibility index (Phi) is 6.23. The molecule has 162 valence electrons. The molecule has 0 fully saturated rings. The molecule has 4 aromatic rings. The van der Waals surface area contributed by atoms with Gasteiger partial charge in [0.15, 0.2) is 0 Å². The summed E-state index contributed by atoms with van der Waals surface area (Å²) in [6.45, 7) is 2.01. The van der Waals surface area contributed by atoms with Crippen molar-refractivity contribution in [2.75, 3.05) is 5.32 Å². The summed E-state index contributed by atoms with van der Waals surface area (Å²) < 4.78 is 2.55. The molecule has 32 heavy (non-hydrogen) atoms. The molecule has 0 unspecified atom stereocenters. The number of para-hydroxylation sites is 1. The van der Waals surface area contributed by atoms with Gasteiger partial charge >= 0.3 is 5.69 Å². The lowest BCUT2D eigenvalue weighted by atomic mass is 10.1. The molecule has 0 bridgehead atoms. The predicted molar refractivity (Wildman–Crippen MR) is 127 cm³/mol. The largest absolute Gasteiger partial charge is 0.331 e. The van der Waals surface area contributed by atoms with Crippen molar-refractivity contribution in [2.45, 2.75) is 26.4 Å². The average molecular weight is 448 g/mol. The van der Waals surface area contributed by atoms with Crippen LogP contribution in [0.2, 0.25) is 5.02 Å². The van der Waals surface area contributed by atoms with Gasteiger partial charge in [-0.05, 0) is 55.3 Å². The highest BCUT2D eigenvalue weighted by atomic mass is 35.5. The average Bonchev–Trinajstić information content (AvgIpc) is 2.78. The molecule has 0 aliphatic rings. The molecule has 0 saturated carbocycles. The number of hydrogen-bond acceptors (Lipinski definition) is 3. The summed E-state index contributed by atoms with van der Waals surface area (Å²) in [6, 6.07) is 21.5. The van der Waals surface area contributed by atoms with E-state index in [9.17, 15) is 14.4 Å². The van der Waals surface area contributed by atoms with Crippen LogP contribution in [0.3, 0.4) is 0 Å². The molecule has 4 rings (SSSR count). The van der Waals surface area contributed by atoms with E-state index < -0.39 is 5.69 Å². The first-order valence-corrected chi connectivity index (χ1v) is 10.6. The van der Waals surface area contributed by atoms with E-state index in [0.29, 0.717) is 28.0 Å². The molecule has 0 aliphatic carbocycles. The van der Waals surface area contributed by atoms with Crippen molar-refractivity contribution >= 4 is 34.1 Å². The molecule has 0 atom stereocenters. The summed E-state index contributed by atoms with van der Waals surface area (Å²) in [6.07, 6.45) is 0.534. The Morgan fingerprint density at radius 3 is 2.44 bits per heavy atom. The summed E-state index contributed by atoms with van der Waals surface area (Å²) in [5.74, 6) is -0.372. The zero-order valence-electron chi connectivity index (χ0n) is 17.5. The Labute approximate surface area is 189 Å². The van der Waals surface area contributed by atoms with Gasteiger partial charge in [0.2, 0.25) is 5.91 Å². The van der Waals surface area contributed by atoms with Gasteiger partial charge in [0.25, 0.3) is 5.56 Å². The van der Waals surface area contributed by atoms with Crippen LogP contribution in [0.1, 0.15) is 11.1 Å². The highest BCUT2D eigenvalue weighted by Gasteiger charge is 2.15. The second-order valence-electron chi connectivity index (χ2n) is 7.64.